The number of hydrogen-bond donors (Lipinski definition) is 2. The van der Waals surface area contributed by atoms with Crippen LogP contribution in [0, 0.1) is 18.2 Å². The van der Waals surface area contributed by atoms with Gasteiger partial charge < -0.3 is 10.2 Å². The summed E-state index contributed by atoms with van der Waals surface area (Å²) in [5.74, 6) is -0.427. The van der Waals surface area contributed by atoms with Crippen molar-refractivity contribution in [3.8, 4) is 16.9 Å². The fraction of sp³-hybridized carbons (Fsp3) is 0.235. The minimum Gasteiger partial charge on any atom is -0.494 e. The highest BCUT2D eigenvalue weighted by atomic mass is 32.2. The van der Waals surface area contributed by atoms with E-state index in [1.54, 1.807) is 32.2 Å². The van der Waals surface area contributed by atoms with E-state index in [-0.39, 0.29) is 22.0 Å². The Morgan fingerprint density at radius 2 is 2.12 bits per heavy atom. The minimum absolute atomic E-state index is 0.0155. The first-order valence-corrected chi connectivity index (χ1v) is 9.27. The molecule has 1 unspecified atom stereocenters. The summed E-state index contributed by atoms with van der Waals surface area (Å²) in [5.41, 5.74) is 4.60. The van der Waals surface area contributed by atoms with Gasteiger partial charge in [0.05, 0.1) is 17.9 Å². The molecule has 9 heteroatoms. The number of rotatable bonds is 4. The maximum atomic E-state index is 14.9. The molecule has 0 aliphatic rings. The van der Waals surface area contributed by atoms with Gasteiger partial charge in [-0.05, 0) is 24.6 Å². The first-order valence-electron chi connectivity index (χ1n) is 7.71. The number of halogens is 1. The number of benzene rings is 1. The van der Waals surface area contributed by atoms with Gasteiger partial charge in [-0.3, -0.25) is 9.62 Å². The largest absolute Gasteiger partial charge is 0.494 e. The Hall–Kier alpha value is -2.81. The Labute approximate surface area is 151 Å². The normalized spacial score (nSPS) is 12.2. The van der Waals surface area contributed by atoms with E-state index < -0.39 is 16.6 Å². The van der Waals surface area contributed by atoms with E-state index in [2.05, 4.69) is 15.4 Å². The van der Waals surface area contributed by atoms with Crippen molar-refractivity contribution in [1.29, 1.82) is 5.41 Å². The molecule has 0 fully saturated rings. The fourth-order valence-electron chi connectivity index (χ4n) is 2.79. The maximum absolute atomic E-state index is 14.9. The van der Waals surface area contributed by atoms with Crippen LogP contribution in [0.1, 0.15) is 5.56 Å². The molecule has 2 N–H and O–H groups in total. The van der Waals surface area contributed by atoms with Gasteiger partial charge in [0.1, 0.15) is 0 Å². The molecule has 1 aromatic carbocycles. The predicted molar refractivity (Wildman–Crippen MR) is 97.7 cm³/mol. The van der Waals surface area contributed by atoms with Crippen molar-refractivity contribution in [3.63, 3.8) is 0 Å². The van der Waals surface area contributed by atoms with Crippen molar-refractivity contribution < 1.29 is 13.3 Å². The molecule has 0 aliphatic heterocycles. The summed E-state index contributed by atoms with van der Waals surface area (Å²) in [7, 11) is 1.67. The molecule has 0 amide bonds. The van der Waals surface area contributed by atoms with Gasteiger partial charge in [-0.15, -0.1) is 0 Å². The van der Waals surface area contributed by atoms with Crippen LogP contribution < -0.4 is 15.7 Å². The zero-order valence-electron chi connectivity index (χ0n) is 14.8. The zero-order chi connectivity index (χ0) is 19.0. The van der Waals surface area contributed by atoms with Crippen molar-refractivity contribution in [3.05, 3.63) is 41.3 Å². The third-order valence-corrected chi connectivity index (χ3v) is 4.76. The monoisotopic (exact) mass is 375 g/mol. The number of fused-ring (bicyclic) bond motifs is 1. The lowest BCUT2D eigenvalue weighted by atomic mass is 9.99. The maximum Gasteiger partial charge on any atom is 0.220 e. The van der Waals surface area contributed by atoms with Gasteiger partial charge in [-0.1, -0.05) is 6.07 Å². The number of aromatic nitrogens is 3. The van der Waals surface area contributed by atoms with Gasteiger partial charge in [-0.2, -0.15) is 0 Å². The van der Waals surface area contributed by atoms with Crippen molar-refractivity contribution in [2.45, 2.75) is 12.1 Å². The fourth-order valence-corrected chi connectivity index (χ4v) is 3.20. The van der Waals surface area contributed by atoms with Gasteiger partial charge in [0.15, 0.2) is 22.7 Å². The van der Waals surface area contributed by atoms with Crippen molar-refractivity contribution >= 4 is 21.8 Å². The Balaban J connectivity index is 2.40. The van der Waals surface area contributed by atoms with Crippen LogP contribution >= 0.6 is 0 Å². The summed E-state index contributed by atoms with van der Waals surface area (Å²) >= 11 is 0. The average molecular weight is 375 g/mol. The second-order valence-electron chi connectivity index (χ2n) is 5.62. The average Bonchev–Trinajstić information content (AvgIpc) is 2.62. The van der Waals surface area contributed by atoms with E-state index in [1.807, 2.05) is 0 Å². The molecule has 3 rings (SSSR count). The molecule has 1 atom stereocenters. The van der Waals surface area contributed by atoms with Crippen LogP contribution in [0.25, 0.3) is 22.2 Å². The molecule has 0 spiro atoms. The van der Waals surface area contributed by atoms with E-state index in [4.69, 9.17) is 10.1 Å². The Kier molecular flexibility index (Phi) is 4.73. The summed E-state index contributed by atoms with van der Waals surface area (Å²) in [5, 5.41) is 9.27. The smallest absolute Gasteiger partial charge is 0.220 e. The summed E-state index contributed by atoms with van der Waals surface area (Å²) in [6.45, 7) is 1.77. The molecule has 0 saturated carbocycles. The minimum atomic E-state index is -1.36. The van der Waals surface area contributed by atoms with Crippen LogP contribution in [0.2, 0.25) is 0 Å². The molecule has 0 aliphatic carbocycles. The molecule has 7 nitrogen and oxygen atoms in total. The molecule has 0 bridgehead atoms. The third kappa shape index (κ3) is 2.84. The number of aryl methyl sites for hydroxylation is 1. The summed E-state index contributed by atoms with van der Waals surface area (Å²) in [4.78, 5) is 8.36. The van der Waals surface area contributed by atoms with Crippen molar-refractivity contribution in [1.82, 2.24) is 14.6 Å². The molecular formula is C17H18FN5O2S. The van der Waals surface area contributed by atoms with Gasteiger partial charge >= 0.3 is 0 Å². The lowest BCUT2D eigenvalue weighted by molar-refractivity contribution is 0.387. The number of ether oxygens (including phenoxy) is 1. The van der Waals surface area contributed by atoms with Crippen LogP contribution in [-0.4, -0.2) is 39.3 Å². The highest BCUT2D eigenvalue weighted by Gasteiger charge is 2.18. The van der Waals surface area contributed by atoms with Crippen LogP contribution in [-0.2, 0) is 10.8 Å². The Morgan fingerprint density at radius 3 is 2.73 bits per heavy atom. The second kappa shape index (κ2) is 6.83. The molecule has 0 saturated heterocycles. The van der Waals surface area contributed by atoms with E-state index in [9.17, 15) is 8.60 Å². The molecule has 0 radical (unpaired) electrons. The molecule has 2 heterocycles. The second-order valence-corrected chi connectivity index (χ2v) is 6.90. The van der Waals surface area contributed by atoms with E-state index >= 15 is 0 Å². The lowest BCUT2D eigenvalue weighted by Gasteiger charge is -2.16. The van der Waals surface area contributed by atoms with Gasteiger partial charge in [0.25, 0.3) is 0 Å². The number of pyridine rings is 1. The van der Waals surface area contributed by atoms with Crippen LogP contribution in [0.5, 0.6) is 5.75 Å². The number of methoxy groups -OCH3 is 1. The standard InChI is InChI=1S/C17H18FN5O2S/c1-9-5-6-12(25-3)14(18)13(9)11-7-10-8-21-17(26(4)24)22-16(10)23(20-2)15(11)19/h5-8,19-20H,1-4H3. The third-order valence-electron chi connectivity index (χ3n) is 4.05. The number of hydrogen-bond acceptors (Lipinski definition) is 6. The molecule has 26 heavy (non-hydrogen) atoms. The Bertz CT molecular complexity index is 1100. The van der Waals surface area contributed by atoms with E-state index in [0.29, 0.717) is 22.2 Å². The topological polar surface area (TPSA) is 92.9 Å². The van der Waals surface area contributed by atoms with Gasteiger partial charge in [0.2, 0.25) is 5.16 Å². The number of nitrogens with one attached hydrogen (secondary N) is 2. The zero-order valence-corrected chi connectivity index (χ0v) is 15.6. The first-order chi connectivity index (χ1) is 12.4. The predicted octanol–water partition coefficient (Wildman–Crippen LogP) is 1.94. The summed E-state index contributed by atoms with van der Waals surface area (Å²) in [6, 6.07) is 4.94. The van der Waals surface area contributed by atoms with Crippen molar-refractivity contribution in [2.24, 2.45) is 0 Å². The van der Waals surface area contributed by atoms with Crippen LogP contribution in [0.3, 0.4) is 0 Å². The van der Waals surface area contributed by atoms with E-state index in [0.717, 1.165) is 0 Å². The molecule has 136 valence electrons. The summed E-state index contributed by atoms with van der Waals surface area (Å²) in [6.07, 6.45) is 3.00. The van der Waals surface area contributed by atoms with Gasteiger partial charge in [0, 0.05) is 36.0 Å². The quantitative estimate of drug-likeness (QED) is 0.680. The SMILES string of the molecule is CNn1c(=N)c(-c2c(C)ccc(OC)c2F)cc2cnc(S(C)=O)nc21. The molecule has 2 aromatic heterocycles. The van der Waals surface area contributed by atoms with E-state index in [1.165, 1.54) is 24.2 Å². The Morgan fingerprint density at radius 1 is 1.38 bits per heavy atom. The summed E-state index contributed by atoms with van der Waals surface area (Å²) < 4.78 is 33.0. The lowest BCUT2D eigenvalue weighted by Crippen LogP contribution is -2.29. The highest BCUT2D eigenvalue weighted by molar-refractivity contribution is 7.84. The molecule has 3 aromatic rings. The number of nitrogens with zero attached hydrogens (tertiary/aromatic N) is 3. The molecular weight excluding hydrogens is 357 g/mol. The van der Waals surface area contributed by atoms with Crippen molar-refractivity contribution in [2.75, 3.05) is 25.8 Å². The van der Waals surface area contributed by atoms with Crippen LogP contribution in [0.15, 0.2) is 29.6 Å². The first kappa shape index (κ1) is 18.0. The van der Waals surface area contributed by atoms with Crippen LogP contribution in [0.4, 0.5) is 4.39 Å². The van der Waals surface area contributed by atoms with Gasteiger partial charge in [-0.25, -0.2) is 19.0 Å². The highest BCUT2D eigenvalue weighted by Crippen LogP contribution is 2.31.